The third-order valence-corrected chi connectivity index (χ3v) is 4.62. The van der Waals surface area contributed by atoms with Gasteiger partial charge in [0.05, 0.1) is 16.7 Å². The molecule has 0 aliphatic carbocycles. The van der Waals surface area contributed by atoms with Crippen molar-refractivity contribution in [3.05, 3.63) is 58.5 Å². The maximum absolute atomic E-state index is 13.0. The van der Waals surface area contributed by atoms with Crippen LogP contribution >= 0.6 is 11.8 Å². The van der Waals surface area contributed by atoms with Gasteiger partial charge in [-0.2, -0.15) is 0 Å². The van der Waals surface area contributed by atoms with Gasteiger partial charge < -0.3 is 5.32 Å². The molecule has 0 saturated heterocycles. The summed E-state index contributed by atoms with van der Waals surface area (Å²) in [4.78, 5) is 45.0. The molecular weight excluding hydrogens is 366 g/mol. The number of nitrogens with zero attached hydrogens (tertiary/aromatic N) is 3. The highest BCUT2D eigenvalue weighted by atomic mass is 32.2. The second-order valence-corrected chi connectivity index (χ2v) is 6.60. The number of aryl methyl sites for hydroxylation is 1. The Balaban J connectivity index is 2.03. The summed E-state index contributed by atoms with van der Waals surface area (Å²) >= 11 is 1.06. The van der Waals surface area contributed by atoms with E-state index in [1.165, 1.54) is 11.6 Å². The number of amides is 3. The first-order chi connectivity index (χ1) is 13.0. The summed E-state index contributed by atoms with van der Waals surface area (Å²) in [6, 6.07) is 9.96. The van der Waals surface area contributed by atoms with E-state index in [-0.39, 0.29) is 11.3 Å². The van der Waals surface area contributed by atoms with E-state index in [2.05, 4.69) is 20.6 Å². The lowest BCUT2D eigenvalue weighted by atomic mass is 10.2. The van der Waals surface area contributed by atoms with Crippen molar-refractivity contribution in [1.82, 2.24) is 25.2 Å². The summed E-state index contributed by atoms with van der Waals surface area (Å²) in [5.41, 5.74) is 1.21. The zero-order valence-electron chi connectivity index (χ0n) is 14.7. The molecule has 3 rings (SSSR count). The van der Waals surface area contributed by atoms with Gasteiger partial charge >= 0.3 is 6.03 Å². The van der Waals surface area contributed by atoms with Crippen LogP contribution in [0.2, 0.25) is 0 Å². The van der Waals surface area contributed by atoms with Crippen LogP contribution in [-0.2, 0) is 4.79 Å². The molecule has 2 N–H and O–H groups in total. The minimum atomic E-state index is -0.593. The molecule has 3 amide bonds. The van der Waals surface area contributed by atoms with Crippen molar-refractivity contribution >= 4 is 34.6 Å². The number of urea groups is 1. The van der Waals surface area contributed by atoms with Crippen molar-refractivity contribution in [1.29, 1.82) is 0 Å². The van der Waals surface area contributed by atoms with Crippen LogP contribution < -0.4 is 16.2 Å². The third-order valence-electron chi connectivity index (χ3n) is 3.68. The van der Waals surface area contributed by atoms with Crippen LogP contribution in [0.4, 0.5) is 4.79 Å². The zero-order chi connectivity index (χ0) is 19.4. The van der Waals surface area contributed by atoms with Gasteiger partial charge in [-0.25, -0.2) is 19.3 Å². The molecule has 0 unspecified atom stereocenters. The fourth-order valence-corrected chi connectivity index (χ4v) is 3.16. The van der Waals surface area contributed by atoms with Crippen molar-refractivity contribution in [3.8, 4) is 5.82 Å². The highest BCUT2D eigenvalue weighted by Gasteiger charge is 2.16. The quantitative estimate of drug-likeness (QED) is 0.524. The number of benzene rings is 1. The van der Waals surface area contributed by atoms with E-state index in [1.54, 1.807) is 36.5 Å². The standard InChI is InChI=1S/C18H17N5O3S/c1-11-7-8-14(20-9-11)23-16(25)12-5-3-4-6-13(12)21-18(23)27-10-15(24)22-17(26)19-2/h3-9H,10H2,1-2H3,(H2,19,22,24,26). The Morgan fingerprint density at radius 3 is 2.67 bits per heavy atom. The van der Waals surface area contributed by atoms with E-state index in [0.29, 0.717) is 21.9 Å². The number of fused-ring (bicyclic) bond motifs is 1. The molecule has 0 bridgehead atoms. The second-order valence-electron chi connectivity index (χ2n) is 5.66. The molecule has 9 heteroatoms. The molecule has 0 aliphatic rings. The molecule has 138 valence electrons. The SMILES string of the molecule is CNC(=O)NC(=O)CSc1nc2ccccc2c(=O)n1-c1ccc(C)cn1. The lowest BCUT2D eigenvalue weighted by Gasteiger charge is -2.12. The number of carbonyl (C=O) groups is 2. The lowest BCUT2D eigenvalue weighted by Crippen LogP contribution is -2.38. The Bertz CT molecular complexity index is 1060. The van der Waals surface area contributed by atoms with Crippen molar-refractivity contribution in [2.75, 3.05) is 12.8 Å². The number of hydrogen-bond donors (Lipinski definition) is 2. The number of pyridine rings is 1. The van der Waals surface area contributed by atoms with Crippen molar-refractivity contribution in [2.24, 2.45) is 0 Å². The first kappa shape index (κ1) is 18.6. The molecule has 8 nitrogen and oxygen atoms in total. The predicted octanol–water partition coefficient (Wildman–Crippen LogP) is 1.64. The first-order valence-electron chi connectivity index (χ1n) is 8.09. The summed E-state index contributed by atoms with van der Waals surface area (Å²) in [6.07, 6.45) is 1.66. The lowest BCUT2D eigenvalue weighted by molar-refractivity contribution is -0.117. The van der Waals surface area contributed by atoms with Crippen LogP contribution in [0, 0.1) is 6.92 Å². The third kappa shape index (κ3) is 4.14. The minimum absolute atomic E-state index is 0.0793. The van der Waals surface area contributed by atoms with Gasteiger partial charge in [0.15, 0.2) is 5.16 Å². The number of aromatic nitrogens is 3. The molecule has 0 saturated carbocycles. The van der Waals surface area contributed by atoms with Crippen LogP contribution in [0.15, 0.2) is 52.5 Å². The van der Waals surface area contributed by atoms with E-state index in [0.717, 1.165) is 17.3 Å². The van der Waals surface area contributed by atoms with Crippen LogP contribution in [0.3, 0.4) is 0 Å². The van der Waals surface area contributed by atoms with Crippen LogP contribution in [0.1, 0.15) is 5.56 Å². The average Bonchev–Trinajstić information content (AvgIpc) is 2.67. The number of thioether (sulfide) groups is 1. The Kier molecular flexibility index (Phi) is 5.51. The molecule has 2 aromatic heterocycles. The predicted molar refractivity (Wildman–Crippen MR) is 103 cm³/mol. The number of nitrogens with one attached hydrogen (secondary N) is 2. The Morgan fingerprint density at radius 1 is 1.19 bits per heavy atom. The summed E-state index contributed by atoms with van der Waals surface area (Å²) in [5, 5.41) is 5.27. The smallest absolute Gasteiger partial charge is 0.321 e. The van der Waals surface area contributed by atoms with Gasteiger partial charge in [0.25, 0.3) is 5.56 Å². The van der Waals surface area contributed by atoms with Crippen LogP contribution in [0.25, 0.3) is 16.7 Å². The van der Waals surface area contributed by atoms with Gasteiger partial charge in [-0.3, -0.25) is 14.9 Å². The van der Waals surface area contributed by atoms with Gasteiger partial charge in [-0.15, -0.1) is 0 Å². The molecule has 0 spiro atoms. The summed E-state index contributed by atoms with van der Waals surface area (Å²) in [7, 11) is 1.42. The van der Waals surface area contributed by atoms with Crippen LogP contribution in [0.5, 0.6) is 0 Å². The molecule has 0 fully saturated rings. The fourth-order valence-electron chi connectivity index (χ4n) is 2.36. The molecule has 3 aromatic rings. The highest BCUT2D eigenvalue weighted by Crippen LogP contribution is 2.20. The second kappa shape index (κ2) is 8.00. The molecule has 1 aromatic carbocycles. The Hall–Kier alpha value is -3.20. The normalized spacial score (nSPS) is 10.6. The molecule has 0 aliphatic heterocycles. The highest BCUT2D eigenvalue weighted by molar-refractivity contribution is 7.99. The van der Waals surface area contributed by atoms with E-state index in [4.69, 9.17) is 0 Å². The van der Waals surface area contributed by atoms with Gasteiger partial charge in [-0.1, -0.05) is 30.0 Å². The fraction of sp³-hybridized carbons (Fsp3) is 0.167. The molecule has 27 heavy (non-hydrogen) atoms. The van der Waals surface area contributed by atoms with Gasteiger partial charge in [0.1, 0.15) is 5.82 Å². The Labute approximate surface area is 159 Å². The summed E-state index contributed by atoms with van der Waals surface area (Å²) < 4.78 is 1.37. The first-order valence-corrected chi connectivity index (χ1v) is 9.07. The van der Waals surface area contributed by atoms with E-state index >= 15 is 0 Å². The van der Waals surface area contributed by atoms with Crippen molar-refractivity contribution in [2.45, 2.75) is 12.1 Å². The summed E-state index contributed by atoms with van der Waals surface area (Å²) in [6.45, 7) is 1.90. The minimum Gasteiger partial charge on any atom is -0.341 e. The maximum atomic E-state index is 13.0. The van der Waals surface area contributed by atoms with E-state index < -0.39 is 11.9 Å². The van der Waals surface area contributed by atoms with E-state index in [1.807, 2.05) is 13.0 Å². The molecule has 0 atom stereocenters. The molecule has 0 radical (unpaired) electrons. The number of imide groups is 1. The van der Waals surface area contributed by atoms with Crippen LogP contribution in [-0.4, -0.2) is 39.3 Å². The van der Waals surface area contributed by atoms with E-state index in [9.17, 15) is 14.4 Å². The van der Waals surface area contributed by atoms with Crippen molar-refractivity contribution < 1.29 is 9.59 Å². The number of para-hydroxylation sites is 1. The number of rotatable bonds is 4. The molecule has 2 heterocycles. The summed E-state index contributed by atoms with van der Waals surface area (Å²) in [5.74, 6) is -0.160. The monoisotopic (exact) mass is 383 g/mol. The Morgan fingerprint density at radius 2 is 1.96 bits per heavy atom. The van der Waals surface area contributed by atoms with Gasteiger partial charge in [0, 0.05) is 13.2 Å². The largest absolute Gasteiger partial charge is 0.341 e. The number of carbonyl (C=O) groups excluding carboxylic acids is 2. The van der Waals surface area contributed by atoms with Crippen molar-refractivity contribution in [3.63, 3.8) is 0 Å². The zero-order valence-corrected chi connectivity index (χ0v) is 15.5. The molecular formula is C18H17N5O3S. The number of hydrogen-bond acceptors (Lipinski definition) is 6. The van der Waals surface area contributed by atoms with Gasteiger partial charge in [-0.05, 0) is 30.7 Å². The van der Waals surface area contributed by atoms with Gasteiger partial charge in [0.2, 0.25) is 5.91 Å². The maximum Gasteiger partial charge on any atom is 0.321 e. The average molecular weight is 383 g/mol. The topological polar surface area (TPSA) is 106 Å².